The van der Waals surface area contributed by atoms with E-state index in [1.807, 2.05) is 44.2 Å². The van der Waals surface area contributed by atoms with Crippen LogP contribution in [0.25, 0.3) is 5.57 Å². The first kappa shape index (κ1) is 16.2. The molecule has 0 unspecified atom stereocenters. The van der Waals surface area contributed by atoms with Crippen LogP contribution in [0.1, 0.15) is 39.7 Å². The summed E-state index contributed by atoms with van der Waals surface area (Å²) in [5, 5.41) is 0. The van der Waals surface area contributed by atoms with Gasteiger partial charge in [-0.15, -0.1) is 0 Å². The fraction of sp³-hybridized carbons (Fsp3) is 0.412. The van der Waals surface area contributed by atoms with Crippen molar-refractivity contribution >= 4 is 17.3 Å². The highest BCUT2D eigenvalue weighted by atomic mass is 16.5. The molecule has 0 saturated heterocycles. The van der Waals surface area contributed by atoms with Crippen molar-refractivity contribution in [1.82, 2.24) is 0 Å². The summed E-state index contributed by atoms with van der Waals surface area (Å²) < 4.78 is 5.21. The summed E-state index contributed by atoms with van der Waals surface area (Å²) in [5.74, 6) is -0.457. The van der Waals surface area contributed by atoms with Gasteiger partial charge in [-0.2, -0.15) is 0 Å². The largest absolute Gasteiger partial charge is 0.462 e. The van der Waals surface area contributed by atoms with Crippen LogP contribution in [-0.2, 0) is 14.3 Å². The molecule has 0 radical (unpaired) electrons. The molecule has 0 spiro atoms. The molecule has 1 aromatic carbocycles. The molecule has 0 saturated carbocycles. The molecule has 0 aliphatic heterocycles. The summed E-state index contributed by atoms with van der Waals surface area (Å²) in [7, 11) is 0. The molecule has 1 rings (SSSR count). The highest BCUT2D eigenvalue weighted by molar-refractivity contribution is 6.22. The Hall–Kier alpha value is -1.90. The molecule has 3 heteroatoms. The van der Waals surface area contributed by atoms with Gasteiger partial charge in [0.15, 0.2) is 5.78 Å². The maximum Gasteiger partial charge on any atom is 0.342 e. The van der Waals surface area contributed by atoms with E-state index in [1.165, 1.54) is 0 Å². The zero-order valence-corrected chi connectivity index (χ0v) is 12.6. The fourth-order valence-corrected chi connectivity index (χ4v) is 1.80. The molecular formula is C17H22O3. The molecule has 1 aromatic rings. The van der Waals surface area contributed by atoms with Gasteiger partial charge in [0.2, 0.25) is 0 Å². The van der Waals surface area contributed by atoms with Crippen LogP contribution < -0.4 is 0 Å². The van der Waals surface area contributed by atoms with Gasteiger partial charge in [-0.3, -0.25) is 4.79 Å². The van der Waals surface area contributed by atoms with Gasteiger partial charge in [-0.05, 0) is 24.0 Å². The third-order valence-corrected chi connectivity index (χ3v) is 2.93. The van der Waals surface area contributed by atoms with Crippen LogP contribution in [0.3, 0.4) is 0 Å². The van der Waals surface area contributed by atoms with Crippen molar-refractivity contribution < 1.29 is 14.3 Å². The maximum absolute atomic E-state index is 12.2. The number of allylic oxidation sites excluding steroid dienone is 1. The number of hydrogen-bond acceptors (Lipinski definition) is 3. The zero-order valence-electron chi connectivity index (χ0n) is 12.6. The molecule has 0 aliphatic rings. The Balaban J connectivity index is 3.12. The van der Waals surface area contributed by atoms with Crippen molar-refractivity contribution in [1.29, 1.82) is 0 Å². The van der Waals surface area contributed by atoms with E-state index in [9.17, 15) is 9.59 Å². The molecule has 0 aromatic heterocycles. The van der Waals surface area contributed by atoms with Crippen molar-refractivity contribution in [2.75, 3.05) is 6.61 Å². The maximum atomic E-state index is 12.2. The van der Waals surface area contributed by atoms with Crippen molar-refractivity contribution in [2.45, 2.75) is 34.1 Å². The molecule has 0 atom stereocenters. The molecule has 3 nitrogen and oxygen atoms in total. The lowest BCUT2D eigenvalue weighted by Crippen LogP contribution is -2.19. The quantitative estimate of drug-likeness (QED) is 0.344. The third-order valence-electron chi connectivity index (χ3n) is 2.93. The Labute approximate surface area is 120 Å². The van der Waals surface area contributed by atoms with Gasteiger partial charge in [0, 0.05) is 6.42 Å². The van der Waals surface area contributed by atoms with E-state index in [1.54, 1.807) is 13.8 Å². The second-order valence-corrected chi connectivity index (χ2v) is 5.14. The lowest BCUT2D eigenvalue weighted by atomic mass is 9.97. The Morgan fingerprint density at radius 1 is 1.15 bits per heavy atom. The summed E-state index contributed by atoms with van der Waals surface area (Å²) in [6.45, 7) is 7.78. The minimum Gasteiger partial charge on any atom is -0.462 e. The van der Waals surface area contributed by atoms with Gasteiger partial charge < -0.3 is 4.74 Å². The number of Topliss-reactive ketones (excluding diaryl/α,β-unsaturated/α-hetero) is 1. The average molecular weight is 274 g/mol. The summed E-state index contributed by atoms with van der Waals surface area (Å²) in [4.78, 5) is 24.2. The number of hydrogen-bond donors (Lipinski definition) is 0. The Morgan fingerprint density at radius 2 is 1.75 bits per heavy atom. The topological polar surface area (TPSA) is 43.4 Å². The summed E-state index contributed by atoms with van der Waals surface area (Å²) in [6, 6.07) is 9.43. The smallest absolute Gasteiger partial charge is 0.342 e. The highest BCUT2D eigenvalue weighted by Crippen LogP contribution is 2.21. The number of carbonyl (C=O) groups excluding carboxylic acids is 2. The lowest BCUT2D eigenvalue weighted by Gasteiger charge is -2.12. The molecule has 0 fully saturated rings. The first-order chi connectivity index (χ1) is 9.47. The second kappa shape index (κ2) is 7.63. The van der Waals surface area contributed by atoms with Gasteiger partial charge in [0.1, 0.15) is 5.57 Å². The monoisotopic (exact) mass is 274 g/mol. The SMILES string of the molecule is CCC(=O)C(C(=O)OCC(C)C)=C(C)c1ccccc1. The number of esters is 1. The van der Waals surface area contributed by atoms with Crippen LogP contribution in [0.4, 0.5) is 0 Å². The van der Waals surface area contributed by atoms with Gasteiger partial charge in [0.25, 0.3) is 0 Å². The molecule has 0 bridgehead atoms. The molecule has 0 heterocycles. The predicted octanol–water partition coefficient (Wildman–Crippen LogP) is 3.64. The normalized spacial score (nSPS) is 12.1. The van der Waals surface area contributed by atoms with E-state index in [4.69, 9.17) is 4.74 Å². The molecule has 0 aliphatic carbocycles. The number of rotatable bonds is 6. The Bertz CT molecular complexity index is 498. The molecule has 108 valence electrons. The standard InChI is InChI=1S/C17H22O3/c1-5-15(18)16(17(19)20-11-12(2)3)13(4)14-9-7-6-8-10-14/h6-10,12H,5,11H2,1-4H3. The van der Waals surface area contributed by atoms with E-state index in [0.29, 0.717) is 12.2 Å². The average Bonchev–Trinajstić information content (AvgIpc) is 2.45. The van der Waals surface area contributed by atoms with Crippen molar-refractivity contribution in [3.8, 4) is 0 Å². The third kappa shape index (κ3) is 4.34. The lowest BCUT2D eigenvalue weighted by molar-refractivity contribution is -0.141. The summed E-state index contributed by atoms with van der Waals surface area (Å²) in [6.07, 6.45) is 0.288. The van der Waals surface area contributed by atoms with Crippen LogP contribution in [0, 0.1) is 5.92 Å². The van der Waals surface area contributed by atoms with E-state index in [-0.39, 0.29) is 23.7 Å². The van der Waals surface area contributed by atoms with Crippen molar-refractivity contribution in [3.05, 3.63) is 41.5 Å². The number of benzene rings is 1. The van der Waals surface area contributed by atoms with Gasteiger partial charge in [-0.25, -0.2) is 4.79 Å². The van der Waals surface area contributed by atoms with Crippen LogP contribution in [0.2, 0.25) is 0 Å². The van der Waals surface area contributed by atoms with E-state index in [2.05, 4.69) is 0 Å². The molecule has 20 heavy (non-hydrogen) atoms. The number of ketones is 1. The van der Waals surface area contributed by atoms with Crippen molar-refractivity contribution in [2.24, 2.45) is 5.92 Å². The predicted molar refractivity (Wildman–Crippen MR) is 80.1 cm³/mol. The first-order valence-electron chi connectivity index (χ1n) is 6.94. The Morgan fingerprint density at radius 3 is 2.25 bits per heavy atom. The highest BCUT2D eigenvalue weighted by Gasteiger charge is 2.22. The summed E-state index contributed by atoms with van der Waals surface area (Å²) >= 11 is 0. The van der Waals surface area contributed by atoms with Gasteiger partial charge in [-0.1, -0.05) is 51.1 Å². The van der Waals surface area contributed by atoms with Crippen LogP contribution in [0.15, 0.2) is 35.9 Å². The molecule has 0 N–H and O–H groups in total. The first-order valence-corrected chi connectivity index (χ1v) is 6.94. The zero-order chi connectivity index (χ0) is 15.1. The van der Waals surface area contributed by atoms with Crippen LogP contribution in [0.5, 0.6) is 0 Å². The van der Waals surface area contributed by atoms with E-state index >= 15 is 0 Å². The second-order valence-electron chi connectivity index (χ2n) is 5.14. The minimum absolute atomic E-state index is 0.166. The fourth-order valence-electron chi connectivity index (χ4n) is 1.80. The van der Waals surface area contributed by atoms with E-state index in [0.717, 1.165) is 5.56 Å². The number of carbonyl (C=O) groups is 2. The van der Waals surface area contributed by atoms with E-state index < -0.39 is 5.97 Å². The number of ether oxygens (including phenoxy) is 1. The van der Waals surface area contributed by atoms with Gasteiger partial charge in [0.05, 0.1) is 6.61 Å². The van der Waals surface area contributed by atoms with Crippen LogP contribution in [-0.4, -0.2) is 18.4 Å². The summed E-state index contributed by atoms with van der Waals surface area (Å²) in [5.41, 5.74) is 1.70. The minimum atomic E-state index is -0.521. The van der Waals surface area contributed by atoms with Crippen molar-refractivity contribution in [3.63, 3.8) is 0 Å². The van der Waals surface area contributed by atoms with Gasteiger partial charge >= 0.3 is 5.97 Å². The Kier molecular flexibility index (Phi) is 6.16. The molecule has 0 amide bonds. The molecular weight excluding hydrogens is 252 g/mol. The van der Waals surface area contributed by atoms with Crippen LogP contribution >= 0.6 is 0 Å².